The highest BCUT2D eigenvalue weighted by molar-refractivity contribution is 5.85. The fraction of sp³-hybridized carbons (Fsp3) is 0.522. The number of carbonyl (C=O) groups is 2. The van der Waals surface area contributed by atoms with E-state index >= 15 is 0 Å². The maximum atomic E-state index is 13.2. The zero-order valence-electron chi connectivity index (χ0n) is 17.4. The minimum Gasteiger partial charge on any atom is -0.352 e. The van der Waals surface area contributed by atoms with Gasteiger partial charge in [-0.15, -0.1) is 0 Å². The van der Waals surface area contributed by atoms with Crippen molar-refractivity contribution in [1.82, 2.24) is 25.1 Å². The van der Waals surface area contributed by atoms with Crippen LogP contribution in [0, 0.1) is 5.92 Å². The number of imidazole rings is 1. The van der Waals surface area contributed by atoms with E-state index in [1.807, 2.05) is 4.90 Å². The second kappa shape index (κ2) is 7.87. The minimum absolute atomic E-state index is 0.000540. The van der Waals surface area contributed by atoms with Gasteiger partial charge >= 0.3 is 0 Å². The standard InChI is InChI=1S/C23H29N5O2/c1-2-21-20(23(30)26-17-7-15-5-3-4-6-16(15)8-17)9-19-12-27(13-22(29)28(19)21)11-18-10-24-14-25-18/h3-6,10,14,17,19-21H,2,7-9,11-13H2,1H3,(H,24,25)(H,26,30)/t19-,20-,21-/m1/s1. The number of aromatic amines is 1. The summed E-state index contributed by atoms with van der Waals surface area (Å²) in [6.45, 7) is 3.98. The zero-order valence-corrected chi connectivity index (χ0v) is 17.4. The lowest BCUT2D eigenvalue weighted by Crippen LogP contribution is -2.56. The van der Waals surface area contributed by atoms with Crippen molar-refractivity contribution < 1.29 is 9.59 Å². The molecule has 2 amide bonds. The smallest absolute Gasteiger partial charge is 0.237 e. The van der Waals surface area contributed by atoms with Crippen LogP contribution in [-0.2, 0) is 29.0 Å². The normalized spacial score (nSPS) is 26.6. The van der Waals surface area contributed by atoms with Gasteiger partial charge in [-0.25, -0.2) is 4.98 Å². The average molecular weight is 408 g/mol. The molecule has 0 unspecified atom stereocenters. The number of hydrogen-bond acceptors (Lipinski definition) is 4. The highest BCUT2D eigenvalue weighted by Gasteiger charge is 2.49. The van der Waals surface area contributed by atoms with Crippen LogP contribution in [0.5, 0.6) is 0 Å². The van der Waals surface area contributed by atoms with Crippen LogP contribution in [-0.4, -0.2) is 62.8 Å². The quantitative estimate of drug-likeness (QED) is 0.787. The molecule has 1 aromatic carbocycles. The second-order valence-electron chi connectivity index (χ2n) is 8.90. The molecule has 0 spiro atoms. The summed E-state index contributed by atoms with van der Waals surface area (Å²) in [5, 5.41) is 3.30. The number of amides is 2. The van der Waals surface area contributed by atoms with E-state index in [1.54, 1.807) is 12.5 Å². The van der Waals surface area contributed by atoms with Crippen molar-refractivity contribution in [3.63, 3.8) is 0 Å². The predicted molar refractivity (Wildman–Crippen MR) is 112 cm³/mol. The minimum atomic E-state index is -0.125. The van der Waals surface area contributed by atoms with Crippen molar-refractivity contribution in [1.29, 1.82) is 0 Å². The fourth-order valence-corrected chi connectivity index (χ4v) is 5.68. The Morgan fingerprint density at radius 1 is 1.27 bits per heavy atom. The number of fused-ring (bicyclic) bond motifs is 2. The van der Waals surface area contributed by atoms with Crippen molar-refractivity contribution >= 4 is 11.8 Å². The summed E-state index contributed by atoms with van der Waals surface area (Å²) in [6, 6.07) is 8.70. The molecule has 3 heterocycles. The molecule has 7 nitrogen and oxygen atoms in total. The van der Waals surface area contributed by atoms with Gasteiger partial charge in [0.25, 0.3) is 0 Å². The summed E-state index contributed by atoms with van der Waals surface area (Å²) in [5.74, 6) is 0.128. The molecule has 2 aliphatic heterocycles. The summed E-state index contributed by atoms with van der Waals surface area (Å²) < 4.78 is 0. The molecule has 30 heavy (non-hydrogen) atoms. The third kappa shape index (κ3) is 3.51. The number of piperazine rings is 1. The maximum absolute atomic E-state index is 13.2. The number of nitrogens with zero attached hydrogens (tertiary/aromatic N) is 3. The lowest BCUT2D eigenvalue weighted by molar-refractivity contribution is -0.141. The Morgan fingerprint density at radius 3 is 2.70 bits per heavy atom. The number of rotatable bonds is 5. The Bertz CT molecular complexity index is 902. The van der Waals surface area contributed by atoms with E-state index in [2.05, 4.69) is 51.4 Å². The molecule has 1 aliphatic carbocycles. The van der Waals surface area contributed by atoms with Gasteiger partial charge in [-0.1, -0.05) is 31.2 Å². The zero-order chi connectivity index (χ0) is 20.7. The predicted octanol–water partition coefficient (Wildman–Crippen LogP) is 1.50. The highest BCUT2D eigenvalue weighted by Crippen LogP contribution is 2.35. The Labute approximate surface area is 176 Å². The topological polar surface area (TPSA) is 81.3 Å². The van der Waals surface area contributed by atoms with Gasteiger partial charge in [-0.3, -0.25) is 14.5 Å². The molecule has 0 radical (unpaired) electrons. The number of benzene rings is 1. The van der Waals surface area contributed by atoms with Gasteiger partial charge in [0, 0.05) is 43.1 Å². The number of nitrogens with one attached hydrogen (secondary N) is 2. The SMILES string of the molecule is CC[C@@H]1[C@H](C(=O)NC2Cc3ccccc3C2)C[C@@H]2CN(Cc3cnc[nH]3)CC(=O)N21. The van der Waals surface area contributed by atoms with Gasteiger partial charge in [0.15, 0.2) is 0 Å². The molecular formula is C23H29N5O2. The Hall–Kier alpha value is -2.67. The van der Waals surface area contributed by atoms with Crippen LogP contribution < -0.4 is 5.32 Å². The summed E-state index contributed by atoms with van der Waals surface area (Å²) in [5.41, 5.74) is 3.68. The largest absolute Gasteiger partial charge is 0.352 e. The lowest BCUT2D eigenvalue weighted by Gasteiger charge is -2.39. The number of hydrogen-bond donors (Lipinski definition) is 2. The van der Waals surface area contributed by atoms with E-state index in [1.165, 1.54) is 11.1 Å². The van der Waals surface area contributed by atoms with Crippen molar-refractivity contribution in [2.75, 3.05) is 13.1 Å². The van der Waals surface area contributed by atoms with E-state index in [0.29, 0.717) is 13.1 Å². The molecule has 2 N–H and O–H groups in total. The molecule has 7 heteroatoms. The van der Waals surface area contributed by atoms with Crippen LogP contribution in [0.25, 0.3) is 0 Å². The molecule has 2 aromatic rings. The maximum Gasteiger partial charge on any atom is 0.237 e. The first kappa shape index (κ1) is 19.3. The first-order valence-electron chi connectivity index (χ1n) is 11.0. The first-order chi connectivity index (χ1) is 14.6. The van der Waals surface area contributed by atoms with Gasteiger partial charge in [0.2, 0.25) is 11.8 Å². The Balaban J connectivity index is 1.25. The molecule has 3 aliphatic rings. The summed E-state index contributed by atoms with van der Waals surface area (Å²) >= 11 is 0. The van der Waals surface area contributed by atoms with Crippen LogP contribution in [0.15, 0.2) is 36.8 Å². The van der Waals surface area contributed by atoms with Gasteiger partial charge in [0.05, 0.1) is 18.8 Å². The Kier molecular flexibility index (Phi) is 5.06. The van der Waals surface area contributed by atoms with E-state index in [0.717, 1.165) is 37.9 Å². The van der Waals surface area contributed by atoms with Crippen molar-refractivity contribution in [3.8, 4) is 0 Å². The Morgan fingerprint density at radius 2 is 2.03 bits per heavy atom. The lowest BCUT2D eigenvalue weighted by atomic mass is 9.95. The van der Waals surface area contributed by atoms with Crippen molar-refractivity contribution in [2.45, 2.75) is 57.3 Å². The molecule has 5 rings (SSSR count). The van der Waals surface area contributed by atoms with Crippen molar-refractivity contribution in [2.24, 2.45) is 5.92 Å². The third-order valence-corrected chi connectivity index (χ3v) is 6.96. The summed E-state index contributed by atoms with van der Waals surface area (Å²) in [4.78, 5) is 37.6. The van der Waals surface area contributed by atoms with Gasteiger partial charge in [-0.2, -0.15) is 0 Å². The number of carbonyl (C=O) groups excluding carboxylic acids is 2. The molecule has 0 bridgehead atoms. The van der Waals surface area contributed by atoms with E-state index in [9.17, 15) is 9.59 Å². The van der Waals surface area contributed by atoms with Crippen LogP contribution >= 0.6 is 0 Å². The van der Waals surface area contributed by atoms with Gasteiger partial charge in [0.1, 0.15) is 0 Å². The van der Waals surface area contributed by atoms with Crippen LogP contribution in [0.3, 0.4) is 0 Å². The van der Waals surface area contributed by atoms with Gasteiger partial charge in [-0.05, 0) is 36.8 Å². The van der Waals surface area contributed by atoms with Gasteiger partial charge < -0.3 is 15.2 Å². The van der Waals surface area contributed by atoms with Crippen LogP contribution in [0.4, 0.5) is 0 Å². The highest BCUT2D eigenvalue weighted by atomic mass is 16.2. The van der Waals surface area contributed by atoms with E-state index < -0.39 is 0 Å². The second-order valence-corrected chi connectivity index (χ2v) is 8.90. The molecule has 158 valence electrons. The molecule has 0 saturated carbocycles. The molecule has 2 saturated heterocycles. The first-order valence-corrected chi connectivity index (χ1v) is 11.0. The summed E-state index contributed by atoms with van der Waals surface area (Å²) in [6.07, 6.45) is 6.82. The van der Waals surface area contributed by atoms with Crippen LogP contribution in [0.2, 0.25) is 0 Å². The fourth-order valence-electron chi connectivity index (χ4n) is 5.68. The van der Waals surface area contributed by atoms with Crippen molar-refractivity contribution in [3.05, 3.63) is 53.6 Å². The monoisotopic (exact) mass is 407 g/mol. The van der Waals surface area contributed by atoms with E-state index in [-0.39, 0.29) is 35.9 Å². The number of H-pyrrole nitrogens is 1. The molecule has 1 aromatic heterocycles. The molecule has 3 atom stereocenters. The third-order valence-electron chi connectivity index (χ3n) is 6.96. The van der Waals surface area contributed by atoms with Crippen LogP contribution in [0.1, 0.15) is 36.6 Å². The average Bonchev–Trinajstić information content (AvgIpc) is 3.45. The summed E-state index contributed by atoms with van der Waals surface area (Å²) in [7, 11) is 0. The molecular weight excluding hydrogens is 378 g/mol. The van der Waals surface area contributed by atoms with E-state index in [4.69, 9.17) is 0 Å². The molecule has 2 fully saturated rings. The number of aromatic nitrogens is 2.